The van der Waals surface area contributed by atoms with E-state index in [1.807, 2.05) is 12.1 Å². The first kappa shape index (κ1) is 10.1. The van der Waals surface area contributed by atoms with Crippen molar-refractivity contribution in [3.8, 4) is 5.75 Å². The Morgan fingerprint density at radius 1 is 1.38 bits per heavy atom. The number of aromatic hydroxyl groups is 1. The van der Waals surface area contributed by atoms with E-state index in [1.54, 1.807) is 12.1 Å². The summed E-state index contributed by atoms with van der Waals surface area (Å²) >= 11 is 0. The van der Waals surface area contributed by atoms with Gasteiger partial charge < -0.3 is 9.84 Å². The maximum absolute atomic E-state index is 9.17. The summed E-state index contributed by atoms with van der Waals surface area (Å²) in [7, 11) is 0. The van der Waals surface area contributed by atoms with Gasteiger partial charge in [0.05, 0.1) is 6.61 Å². The number of ether oxygens (including phenoxy) is 1. The average molecular weight is 180 g/mol. The van der Waals surface area contributed by atoms with E-state index in [4.69, 9.17) is 9.84 Å². The molecule has 2 heteroatoms. The van der Waals surface area contributed by atoms with Crippen molar-refractivity contribution in [3.63, 3.8) is 0 Å². The topological polar surface area (TPSA) is 29.5 Å². The van der Waals surface area contributed by atoms with E-state index >= 15 is 0 Å². The molecule has 0 saturated carbocycles. The SMILES string of the molecule is CC(C)COCc1cccc(O)c1. The molecule has 1 rings (SSSR count). The third-order valence-corrected chi connectivity index (χ3v) is 1.63. The van der Waals surface area contributed by atoms with Crippen molar-refractivity contribution in [2.75, 3.05) is 6.61 Å². The van der Waals surface area contributed by atoms with E-state index in [-0.39, 0.29) is 0 Å². The lowest BCUT2D eigenvalue weighted by molar-refractivity contribution is 0.0969. The van der Waals surface area contributed by atoms with Crippen LogP contribution in [0.5, 0.6) is 5.75 Å². The summed E-state index contributed by atoms with van der Waals surface area (Å²) in [6, 6.07) is 7.15. The van der Waals surface area contributed by atoms with Gasteiger partial charge in [0.25, 0.3) is 0 Å². The summed E-state index contributed by atoms with van der Waals surface area (Å²) in [6.45, 7) is 5.56. The van der Waals surface area contributed by atoms with Gasteiger partial charge in [-0.3, -0.25) is 0 Å². The lowest BCUT2D eigenvalue weighted by Gasteiger charge is -2.06. The summed E-state index contributed by atoms with van der Waals surface area (Å²) < 4.78 is 5.43. The zero-order valence-corrected chi connectivity index (χ0v) is 8.16. The maximum atomic E-state index is 9.17. The van der Waals surface area contributed by atoms with Gasteiger partial charge in [-0.1, -0.05) is 26.0 Å². The minimum Gasteiger partial charge on any atom is -0.508 e. The predicted octanol–water partition coefficient (Wildman–Crippen LogP) is 2.56. The van der Waals surface area contributed by atoms with Crippen LogP contribution in [0, 0.1) is 5.92 Å². The van der Waals surface area contributed by atoms with Crippen LogP contribution in [0.3, 0.4) is 0 Å². The van der Waals surface area contributed by atoms with Gasteiger partial charge in [-0.15, -0.1) is 0 Å². The van der Waals surface area contributed by atoms with E-state index in [9.17, 15) is 0 Å². The van der Waals surface area contributed by atoms with Crippen molar-refractivity contribution in [3.05, 3.63) is 29.8 Å². The second kappa shape index (κ2) is 4.87. The Morgan fingerprint density at radius 2 is 2.15 bits per heavy atom. The predicted molar refractivity (Wildman–Crippen MR) is 52.6 cm³/mol. The Kier molecular flexibility index (Phi) is 3.77. The van der Waals surface area contributed by atoms with Crippen LogP contribution < -0.4 is 0 Å². The molecule has 0 fully saturated rings. The van der Waals surface area contributed by atoms with Crippen LogP contribution in [0.15, 0.2) is 24.3 Å². The smallest absolute Gasteiger partial charge is 0.115 e. The quantitative estimate of drug-likeness (QED) is 0.771. The van der Waals surface area contributed by atoms with Crippen LogP contribution in [-0.4, -0.2) is 11.7 Å². The van der Waals surface area contributed by atoms with Crippen LogP contribution in [0.25, 0.3) is 0 Å². The van der Waals surface area contributed by atoms with Gasteiger partial charge in [-0.25, -0.2) is 0 Å². The van der Waals surface area contributed by atoms with Crippen LogP contribution in [0.1, 0.15) is 19.4 Å². The number of phenolic OH excluding ortho intramolecular Hbond substituents is 1. The average Bonchev–Trinajstić information content (AvgIpc) is 2.03. The van der Waals surface area contributed by atoms with Crippen molar-refractivity contribution < 1.29 is 9.84 Å². The van der Waals surface area contributed by atoms with E-state index in [0.29, 0.717) is 18.3 Å². The van der Waals surface area contributed by atoms with Crippen LogP contribution in [0.4, 0.5) is 0 Å². The highest BCUT2D eigenvalue weighted by Gasteiger charge is 1.96. The molecule has 0 aromatic heterocycles. The fourth-order valence-corrected chi connectivity index (χ4v) is 1.06. The molecule has 0 unspecified atom stereocenters. The molecule has 1 aromatic carbocycles. The van der Waals surface area contributed by atoms with Crippen molar-refractivity contribution in [2.45, 2.75) is 20.5 Å². The van der Waals surface area contributed by atoms with Crippen LogP contribution in [0.2, 0.25) is 0 Å². The summed E-state index contributed by atoms with van der Waals surface area (Å²) in [5.74, 6) is 0.850. The minimum absolute atomic E-state index is 0.297. The Bertz CT molecular complexity index is 256. The molecule has 0 heterocycles. The normalized spacial score (nSPS) is 10.7. The number of rotatable bonds is 4. The maximum Gasteiger partial charge on any atom is 0.115 e. The molecular formula is C11H16O2. The first-order valence-corrected chi connectivity index (χ1v) is 4.54. The molecule has 13 heavy (non-hydrogen) atoms. The number of hydrogen-bond acceptors (Lipinski definition) is 2. The third-order valence-electron chi connectivity index (χ3n) is 1.63. The summed E-state index contributed by atoms with van der Waals surface area (Å²) in [5, 5.41) is 9.17. The molecule has 0 bridgehead atoms. The number of hydrogen-bond donors (Lipinski definition) is 1. The van der Waals surface area contributed by atoms with Gasteiger partial charge in [0.2, 0.25) is 0 Å². The standard InChI is InChI=1S/C11H16O2/c1-9(2)7-13-8-10-4-3-5-11(12)6-10/h3-6,9,12H,7-8H2,1-2H3. The Balaban J connectivity index is 2.37. The molecule has 72 valence electrons. The fraction of sp³-hybridized carbons (Fsp3) is 0.455. The first-order chi connectivity index (χ1) is 6.18. The molecule has 1 aromatic rings. The van der Waals surface area contributed by atoms with E-state index in [2.05, 4.69) is 13.8 Å². The first-order valence-electron chi connectivity index (χ1n) is 4.54. The molecule has 0 saturated heterocycles. The van der Waals surface area contributed by atoms with Gasteiger partial charge in [-0.05, 0) is 23.6 Å². The second-order valence-corrected chi connectivity index (χ2v) is 3.58. The zero-order chi connectivity index (χ0) is 9.68. The summed E-state index contributed by atoms with van der Waals surface area (Å²) in [6.07, 6.45) is 0. The molecule has 1 N–H and O–H groups in total. The van der Waals surface area contributed by atoms with Crippen molar-refractivity contribution in [1.29, 1.82) is 0 Å². The Hall–Kier alpha value is -1.02. The molecule has 0 aliphatic heterocycles. The molecule has 0 spiro atoms. The number of phenols is 1. The van der Waals surface area contributed by atoms with Crippen molar-refractivity contribution >= 4 is 0 Å². The Morgan fingerprint density at radius 3 is 2.77 bits per heavy atom. The lowest BCUT2D eigenvalue weighted by Crippen LogP contribution is -2.01. The monoisotopic (exact) mass is 180 g/mol. The highest BCUT2D eigenvalue weighted by molar-refractivity contribution is 5.26. The summed E-state index contributed by atoms with van der Waals surface area (Å²) in [5.41, 5.74) is 1.01. The molecule has 0 aliphatic rings. The van der Waals surface area contributed by atoms with Crippen LogP contribution >= 0.6 is 0 Å². The highest BCUT2D eigenvalue weighted by atomic mass is 16.5. The van der Waals surface area contributed by atoms with Crippen LogP contribution in [-0.2, 0) is 11.3 Å². The Labute approximate surface area is 79.2 Å². The zero-order valence-electron chi connectivity index (χ0n) is 8.16. The fourth-order valence-electron chi connectivity index (χ4n) is 1.06. The second-order valence-electron chi connectivity index (χ2n) is 3.58. The summed E-state index contributed by atoms with van der Waals surface area (Å²) in [4.78, 5) is 0. The third kappa shape index (κ3) is 3.95. The van der Waals surface area contributed by atoms with E-state index < -0.39 is 0 Å². The number of benzene rings is 1. The van der Waals surface area contributed by atoms with Crippen molar-refractivity contribution in [1.82, 2.24) is 0 Å². The van der Waals surface area contributed by atoms with E-state index in [0.717, 1.165) is 12.2 Å². The molecule has 0 radical (unpaired) electrons. The van der Waals surface area contributed by atoms with Gasteiger partial charge in [0.1, 0.15) is 5.75 Å². The molecule has 0 amide bonds. The van der Waals surface area contributed by atoms with Gasteiger partial charge in [0, 0.05) is 6.61 Å². The lowest BCUT2D eigenvalue weighted by atomic mass is 10.2. The molecule has 2 nitrogen and oxygen atoms in total. The van der Waals surface area contributed by atoms with Gasteiger partial charge in [-0.2, -0.15) is 0 Å². The highest BCUT2D eigenvalue weighted by Crippen LogP contribution is 2.11. The molecular weight excluding hydrogens is 164 g/mol. The van der Waals surface area contributed by atoms with E-state index in [1.165, 1.54) is 0 Å². The molecule has 0 aliphatic carbocycles. The minimum atomic E-state index is 0.297. The van der Waals surface area contributed by atoms with Gasteiger partial charge in [0.15, 0.2) is 0 Å². The van der Waals surface area contributed by atoms with Gasteiger partial charge >= 0.3 is 0 Å². The van der Waals surface area contributed by atoms with Crippen molar-refractivity contribution in [2.24, 2.45) is 5.92 Å². The molecule has 0 atom stereocenters. The largest absolute Gasteiger partial charge is 0.508 e.